The smallest absolute Gasteiger partial charge is 0.410 e. The summed E-state index contributed by atoms with van der Waals surface area (Å²) in [5, 5.41) is 3.71. The molecule has 1 heterocycles. The summed E-state index contributed by atoms with van der Waals surface area (Å²) in [7, 11) is 0. The molecule has 0 spiro atoms. The number of carbonyl (C=O) groups excluding carboxylic acids is 1. The normalized spacial score (nSPS) is 19.5. The van der Waals surface area contributed by atoms with Crippen LogP contribution < -0.4 is 5.32 Å². The number of ether oxygens (including phenoxy) is 1. The van der Waals surface area contributed by atoms with Crippen molar-refractivity contribution in [2.75, 3.05) is 0 Å². The Balaban J connectivity index is 2.13. The molecule has 34 heavy (non-hydrogen) atoms. The van der Waals surface area contributed by atoms with E-state index in [0.29, 0.717) is 13.0 Å². The Hall–Kier alpha value is -1.63. The molecule has 1 unspecified atom stereocenters. The fourth-order valence-corrected chi connectivity index (χ4v) is 4.90. The molecule has 0 bridgehead atoms. The first-order chi connectivity index (χ1) is 15.5. The van der Waals surface area contributed by atoms with Crippen LogP contribution >= 0.6 is 0 Å². The van der Waals surface area contributed by atoms with Gasteiger partial charge < -0.3 is 15.0 Å². The Morgan fingerprint density at radius 1 is 1.03 bits per heavy atom. The lowest BCUT2D eigenvalue weighted by molar-refractivity contribution is -0.403. The van der Waals surface area contributed by atoms with Crippen LogP contribution in [0.25, 0.3) is 0 Å². The molecule has 0 aliphatic carbocycles. The minimum Gasteiger partial charge on any atom is -0.446 e. The molecule has 6 heteroatoms. The lowest BCUT2D eigenvalue weighted by atomic mass is 9.79. The Kier molecular flexibility index (Phi) is 9.22. The van der Waals surface area contributed by atoms with Gasteiger partial charge in [-0.25, -0.2) is 14.6 Å². The maximum atomic E-state index is 13.5. The Bertz CT molecular complexity index is 773. The summed E-state index contributed by atoms with van der Waals surface area (Å²) in [6.07, 6.45) is 2.49. The maximum absolute atomic E-state index is 13.5. The lowest BCUT2D eigenvalue weighted by Gasteiger charge is -2.49. The van der Waals surface area contributed by atoms with Gasteiger partial charge in [-0.15, -0.1) is 0 Å². The van der Waals surface area contributed by atoms with E-state index < -0.39 is 5.60 Å². The molecule has 1 amide bonds. The van der Waals surface area contributed by atoms with E-state index in [1.807, 2.05) is 57.7 Å². The van der Waals surface area contributed by atoms with Gasteiger partial charge in [0.15, 0.2) is 0 Å². The first-order valence-electron chi connectivity index (χ1n) is 12.7. The van der Waals surface area contributed by atoms with Crippen LogP contribution in [0.1, 0.15) is 100 Å². The summed E-state index contributed by atoms with van der Waals surface area (Å²) in [4.78, 5) is 26.9. The van der Waals surface area contributed by atoms with Crippen molar-refractivity contribution in [3.8, 4) is 0 Å². The average molecular weight is 477 g/mol. The third-order valence-electron chi connectivity index (χ3n) is 6.47. The van der Waals surface area contributed by atoms with Gasteiger partial charge in [0.1, 0.15) is 11.7 Å². The molecule has 6 nitrogen and oxygen atoms in total. The molecule has 1 aliphatic heterocycles. The van der Waals surface area contributed by atoms with Crippen molar-refractivity contribution in [3.63, 3.8) is 0 Å². The van der Waals surface area contributed by atoms with E-state index in [9.17, 15) is 4.79 Å². The third-order valence-corrected chi connectivity index (χ3v) is 6.47. The fraction of sp³-hybridized carbons (Fsp3) is 0.750. The van der Waals surface area contributed by atoms with Gasteiger partial charge in [-0.05, 0) is 87.1 Å². The lowest BCUT2D eigenvalue weighted by Crippen LogP contribution is -2.62. The van der Waals surface area contributed by atoms with Crippen molar-refractivity contribution in [3.05, 3.63) is 35.9 Å². The minimum atomic E-state index is -0.588. The molecule has 194 valence electrons. The highest BCUT2D eigenvalue weighted by atomic mass is 17.2. The molecular weight excluding hydrogens is 428 g/mol. The summed E-state index contributed by atoms with van der Waals surface area (Å²) in [6, 6.07) is 10.2. The van der Waals surface area contributed by atoms with E-state index in [4.69, 9.17) is 14.5 Å². The zero-order valence-corrected chi connectivity index (χ0v) is 23.2. The minimum absolute atomic E-state index is 0.0732. The first kappa shape index (κ1) is 28.6. The SMILES string of the molecule is CCC(C)(C)OOC(C)(C)CC(C)OC(=O)N(Cc1ccccc1)C1CC(C)(C)NC(C)(C)C1. The highest BCUT2D eigenvalue weighted by molar-refractivity contribution is 5.68. The molecule has 0 aromatic heterocycles. The summed E-state index contributed by atoms with van der Waals surface area (Å²) in [5.41, 5.74) is -0.00741. The first-order valence-corrected chi connectivity index (χ1v) is 12.7. The van der Waals surface area contributed by atoms with Gasteiger partial charge in [-0.2, -0.15) is 0 Å². The molecule has 0 radical (unpaired) electrons. The Labute approximate surface area is 207 Å². The number of amides is 1. The molecule has 1 saturated heterocycles. The maximum Gasteiger partial charge on any atom is 0.410 e. The molecular formula is C28H48N2O4. The second kappa shape index (κ2) is 11.0. The van der Waals surface area contributed by atoms with Crippen LogP contribution in [0, 0.1) is 0 Å². The van der Waals surface area contributed by atoms with Crippen LogP contribution in [0.3, 0.4) is 0 Å². The summed E-state index contributed by atoms with van der Waals surface area (Å²) in [6.45, 7) is 21.2. The number of piperidine rings is 1. The highest BCUT2D eigenvalue weighted by Crippen LogP contribution is 2.33. The van der Waals surface area contributed by atoms with E-state index in [1.165, 1.54) is 0 Å². The van der Waals surface area contributed by atoms with E-state index in [-0.39, 0.29) is 34.9 Å². The largest absolute Gasteiger partial charge is 0.446 e. The molecule has 0 saturated carbocycles. The summed E-state index contributed by atoms with van der Waals surface area (Å²) >= 11 is 0. The van der Waals surface area contributed by atoms with Crippen LogP contribution in [-0.2, 0) is 21.1 Å². The number of benzene rings is 1. The molecule has 1 aliphatic rings. The summed E-state index contributed by atoms with van der Waals surface area (Å²) in [5.74, 6) is 0. The van der Waals surface area contributed by atoms with Gasteiger partial charge in [0.2, 0.25) is 0 Å². The molecule has 1 aromatic carbocycles. The monoisotopic (exact) mass is 476 g/mol. The van der Waals surface area contributed by atoms with E-state index in [0.717, 1.165) is 24.8 Å². The van der Waals surface area contributed by atoms with Crippen LogP contribution in [-0.4, -0.2) is 45.4 Å². The Morgan fingerprint density at radius 3 is 2.09 bits per heavy atom. The average Bonchev–Trinajstić information content (AvgIpc) is 2.68. The highest BCUT2D eigenvalue weighted by Gasteiger charge is 2.42. The van der Waals surface area contributed by atoms with Crippen molar-refractivity contribution in [2.45, 2.75) is 136 Å². The predicted molar refractivity (Wildman–Crippen MR) is 137 cm³/mol. The molecule has 1 N–H and O–H groups in total. The van der Waals surface area contributed by atoms with Crippen LogP contribution in [0.4, 0.5) is 4.79 Å². The van der Waals surface area contributed by atoms with Gasteiger partial charge in [0.25, 0.3) is 0 Å². The van der Waals surface area contributed by atoms with Crippen molar-refractivity contribution >= 4 is 6.09 Å². The van der Waals surface area contributed by atoms with Gasteiger partial charge in [-0.3, -0.25) is 0 Å². The quantitative estimate of drug-likeness (QED) is 0.303. The number of hydrogen-bond donors (Lipinski definition) is 1. The topological polar surface area (TPSA) is 60.0 Å². The third kappa shape index (κ3) is 9.20. The van der Waals surface area contributed by atoms with Crippen molar-refractivity contribution in [1.82, 2.24) is 10.2 Å². The van der Waals surface area contributed by atoms with Crippen molar-refractivity contribution in [2.24, 2.45) is 0 Å². The number of carbonyl (C=O) groups is 1. The zero-order chi connectivity index (χ0) is 25.8. The van der Waals surface area contributed by atoms with Gasteiger partial charge in [0, 0.05) is 30.1 Å². The Morgan fingerprint density at radius 2 is 1.56 bits per heavy atom. The van der Waals surface area contributed by atoms with Crippen molar-refractivity contribution in [1.29, 1.82) is 0 Å². The predicted octanol–water partition coefficient (Wildman–Crippen LogP) is 6.63. The van der Waals surface area contributed by atoms with Gasteiger partial charge in [-0.1, -0.05) is 37.3 Å². The molecule has 1 atom stereocenters. The van der Waals surface area contributed by atoms with E-state index in [2.05, 4.69) is 52.1 Å². The second-order valence-electron chi connectivity index (χ2n) is 12.5. The molecule has 2 rings (SSSR count). The van der Waals surface area contributed by atoms with Crippen molar-refractivity contribution < 1.29 is 19.3 Å². The standard InChI is InChI=1S/C28H48N2O4/c1-11-27(7,8)33-34-28(9,10)17-21(2)32-24(31)30(20-22-15-13-12-14-16-22)23-18-25(3,4)29-26(5,6)19-23/h12-16,21,23,29H,11,17-20H2,1-10H3. The zero-order valence-electron chi connectivity index (χ0n) is 23.2. The summed E-state index contributed by atoms with van der Waals surface area (Å²) < 4.78 is 6.00. The fourth-order valence-electron chi connectivity index (χ4n) is 4.90. The number of nitrogens with zero attached hydrogens (tertiary/aromatic N) is 1. The number of nitrogens with one attached hydrogen (secondary N) is 1. The second-order valence-corrected chi connectivity index (χ2v) is 12.5. The number of rotatable bonds is 10. The molecule has 1 aromatic rings. The van der Waals surface area contributed by atoms with Crippen LogP contribution in [0.5, 0.6) is 0 Å². The van der Waals surface area contributed by atoms with Crippen LogP contribution in [0.15, 0.2) is 30.3 Å². The molecule has 1 fully saturated rings. The van der Waals surface area contributed by atoms with E-state index in [1.54, 1.807) is 0 Å². The van der Waals surface area contributed by atoms with Gasteiger partial charge >= 0.3 is 6.09 Å². The van der Waals surface area contributed by atoms with Crippen LogP contribution in [0.2, 0.25) is 0 Å². The van der Waals surface area contributed by atoms with Gasteiger partial charge in [0.05, 0.1) is 5.60 Å². The number of hydrogen-bond acceptors (Lipinski definition) is 5. The van der Waals surface area contributed by atoms with E-state index >= 15 is 0 Å².